The third-order valence-electron chi connectivity index (χ3n) is 2.96. The van der Waals surface area contributed by atoms with Gasteiger partial charge >= 0.3 is 0 Å². The predicted octanol–water partition coefficient (Wildman–Crippen LogP) is 5.41. The van der Waals surface area contributed by atoms with E-state index in [2.05, 4.69) is 32.9 Å². The highest BCUT2D eigenvalue weighted by Crippen LogP contribution is 2.35. The summed E-state index contributed by atoms with van der Waals surface area (Å²) in [7, 11) is 0. The van der Waals surface area contributed by atoms with Crippen LogP contribution in [0.15, 0.2) is 12.1 Å². The Kier molecular flexibility index (Phi) is 7.12. The van der Waals surface area contributed by atoms with Crippen LogP contribution in [0.4, 0.5) is 0 Å². The molecule has 0 amide bonds. The fourth-order valence-electron chi connectivity index (χ4n) is 2.50. The van der Waals surface area contributed by atoms with Gasteiger partial charge in [-0.25, -0.2) is 0 Å². The van der Waals surface area contributed by atoms with E-state index in [9.17, 15) is 0 Å². The molecule has 1 aliphatic rings. The van der Waals surface area contributed by atoms with Crippen LogP contribution in [0.3, 0.4) is 0 Å². The zero-order chi connectivity index (χ0) is 12.7. The van der Waals surface area contributed by atoms with Crippen LogP contribution in [-0.2, 0) is 6.42 Å². The third kappa shape index (κ3) is 3.37. The lowest BCUT2D eigenvalue weighted by Crippen LogP contribution is -1.92. The summed E-state index contributed by atoms with van der Waals surface area (Å²) in [6.45, 7) is 14.8. The zero-order valence-electron chi connectivity index (χ0n) is 12.1. The maximum Gasteiger partial charge on any atom is -0.0182 e. The van der Waals surface area contributed by atoms with Crippen molar-refractivity contribution < 1.29 is 0 Å². The second-order valence-electron chi connectivity index (χ2n) is 4.09. The second-order valence-corrected chi connectivity index (χ2v) is 4.09. The molecule has 0 saturated heterocycles. The molecule has 16 heavy (non-hydrogen) atoms. The highest BCUT2D eigenvalue weighted by Gasteiger charge is 2.20. The van der Waals surface area contributed by atoms with Crippen LogP contribution in [0.5, 0.6) is 0 Å². The summed E-state index contributed by atoms with van der Waals surface area (Å²) in [6, 6.07) is 4.66. The van der Waals surface area contributed by atoms with Gasteiger partial charge in [-0.1, -0.05) is 52.3 Å². The van der Waals surface area contributed by atoms with Crippen LogP contribution >= 0.6 is 0 Å². The molecule has 0 saturated carbocycles. The van der Waals surface area contributed by atoms with Crippen LogP contribution < -0.4 is 0 Å². The SMILES string of the molecule is CC.CC.Cc1cc(C)c2c(c1)CCC2C. The molecule has 1 aliphatic carbocycles. The molecule has 0 nitrogen and oxygen atoms in total. The fourth-order valence-corrected chi connectivity index (χ4v) is 2.50. The Balaban J connectivity index is 0.000000509. The zero-order valence-corrected chi connectivity index (χ0v) is 12.1. The van der Waals surface area contributed by atoms with Crippen molar-refractivity contribution in [2.45, 2.75) is 67.2 Å². The summed E-state index contributed by atoms with van der Waals surface area (Å²) in [4.78, 5) is 0. The lowest BCUT2D eigenvalue weighted by Gasteiger charge is -2.09. The van der Waals surface area contributed by atoms with Gasteiger partial charge in [-0.05, 0) is 49.3 Å². The molecule has 0 radical (unpaired) electrons. The molecule has 1 aromatic carbocycles. The minimum absolute atomic E-state index is 0.792. The molecule has 1 atom stereocenters. The molecule has 1 unspecified atom stereocenters. The van der Waals surface area contributed by atoms with Crippen molar-refractivity contribution in [2.75, 3.05) is 0 Å². The van der Waals surface area contributed by atoms with Crippen LogP contribution in [0.25, 0.3) is 0 Å². The Labute approximate surface area is 102 Å². The van der Waals surface area contributed by atoms with Gasteiger partial charge in [0.25, 0.3) is 0 Å². The first-order chi connectivity index (χ1) is 7.68. The Morgan fingerprint density at radius 3 is 2.12 bits per heavy atom. The van der Waals surface area contributed by atoms with E-state index in [0.717, 1.165) is 5.92 Å². The molecule has 2 rings (SSSR count). The van der Waals surface area contributed by atoms with E-state index in [0.29, 0.717) is 0 Å². The molecule has 1 aromatic rings. The maximum absolute atomic E-state index is 2.35. The molecule has 0 spiro atoms. The Morgan fingerprint density at radius 1 is 1.00 bits per heavy atom. The van der Waals surface area contributed by atoms with Crippen molar-refractivity contribution in [3.63, 3.8) is 0 Å². The van der Waals surface area contributed by atoms with E-state index in [1.165, 1.54) is 24.0 Å². The third-order valence-corrected chi connectivity index (χ3v) is 2.96. The smallest absolute Gasteiger partial charge is 0.0182 e. The average Bonchev–Trinajstić information content (AvgIpc) is 2.66. The maximum atomic E-state index is 2.35. The first-order valence-corrected chi connectivity index (χ1v) is 6.78. The highest BCUT2D eigenvalue weighted by atomic mass is 14.2. The van der Waals surface area contributed by atoms with E-state index < -0.39 is 0 Å². The lowest BCUT2D eigenvalue weighted by molar-refractivity contribution is 0.744. The molecule has 0 aromatic heterocycles. The summed E-state index contributed by atoms with van der Waals surface area (Å²) in [5.74, 6) is 0.792. The van der Waals surface area contributed by atoms with E-state index in [1.54, 1.807) is 11.1 Å². The second kappa shape index (κ2) is 7.49. The molecule has 0 heterocycles. The molecule has 0 fully saturated rings. The van der Waals surface area contributed by atoms with Gasteiger partial charge in [0.1, 0.15) is 0 Å². The summed E-state index contributed by atoms with van der Waals surface area (Å²) in [5.41, 5.74) is 6.14. The largest absolute Gasteiger partial charge is 0.0683 e. The summed E-state index contributed by atoms with van der Waals surface area (Å²) in [5, 5.41) is 0. The Hall–Kier alpha value is -0.780. The van der Waals surface area contributed by atoms with Gasteiger partial charge in [-0.3, -0.25) is 0 Å². The van der Waals surface area contributed by atoms with Gasteiger partial charge in [-0.2, -0.15) is 0 Å². The number of rotatable bonds is 0. The van der Waals surface area contributed by atoms with Crippen molar-refractivity contribution >= 4 is 0 Å². The normalized spacial score (nSPS) is 16.6. The molecular formula is C16H28. The first-order valence-electron chi connectivity index (χ1n) is 6.78. The van der Waals surface area contributed by atoms with E-state index >= 15 is 0 Å². The van der Waals surface area contributed by atoms with Gasteiger partial charge in [-0.15, -0.1) is 0 Å². The minimum Gasteiger partial charge on any atom is -0.0683 e. The molecule has 0 aliphatic heterocycles. The minimum atomic E-state index is 0.792. The van der Waals surface area contributed by atoms with Crippen LogP contribution in [0.2, 0.25) is 0 Å². The predicted molar refractivity (Wildman–Crippen MR) is 75.3 cm³/mol. The fraction of sp³-hybridized carbons (Fsp3) is 0.625. The highest BCUT2D eigenvalue weighted by molar-refractivity contribution is 5.43. The summed E-state index contributed by atoms with van der Waals surface area (Å²) in [6.07, 6.45) is 2.64. The van der Waals surface area contributed by atoms with Gasteiger partial charge in [0.15, 0.2) is 0 Å². The van der Waals surface area contributed by atoms with Crippen LogP contribution in [0, 0.1) is 13.8 Å². The molecular weight excluding hydrogens is 192 g/mol. The van der Waals surface area contributed by atoms with Gasteiger partial charge in [0, 0.05) is 0 Å². The molecule has 0 bridgehead atoms. The first kappa shape index (κ1) is 15.2. The number of aryl methyl sites for hydroxylation is 3. The van der Waals surface area contributed by atoms with Gasteiger partial charge in [0.2, 0.25) is 0 Å². The van der Waals surface area contributed by atoms with E-state index in [4.69, 9.17) is 0 Å². The number of hydrogen-bond acceptors (Lipinski definition) is 0. The summed E-state index contributed by atoms with van der Waals surface area (Å²) < 4.78 is 0. The number of benzene rings is 1. The topological polar surface area (TPSA) is 0 Å². The Bertz CT molecular complexity index is 310. The van der Waals surface area contributed by atoms with Gasteiger partial charge in [0.05, 0.1) is 0 Å². The quantitative estimate of drug-likeness (QED) is 0.548. The molecule has 92 valence electrons. The molecule has 0 heteroatoms. The van der Waals surface area contributed by atoms with Crippen LogP contribution in [0.1, 0.15) is 69.2 Å². The molecule has 0 N–H and O–H groups in total. The Morgan fingerprint density at radius 2 is 1.56 bits per heavy atom. The van der Waals surface area contributed by atoms with E-state index in [-0.39, 0.29) is 0 Å². The van der Waals surface area contributed by atoms with Crippen LogP contribution in [-0.4, -0.2) is 0 Å². The average molecular weight is 220 g/mol. The van der Waals surface area contributed by atoms with Crippen molar-refractivity contribution in [3.8, 4) is 0 Å². The number of fused-ring (bicyclic) bond motifs is 1. The number of hydrogen-bond donors (Lipinski definition) is 0. The lowest BCUT2D eigenvalue weighted by atomic mass is 9.96. The van der Waals surface area contributed by atoms with E-state index in [1.807, 2.05) is 27.7 Å². The monoisotopic (exact) mass is 220 g/mol. The van der Waals surface area contributed by atoms with Crippen molar-refractivity contribution in [1.82, 2.24) is 0 Å². The van der Waals surface area contributed by atoms with Crippen molar-refractivity contribution in [1.29, 1.82) is 0 Å². The van der Waals surface area contributed by atoms with Gasteiger partial charge < -0.3 is 0 Å². The van der Waals surface area contributed by atoms with Crippen molar-refractivity contribution in [2.24, 2.45) is 0 Å². The van der Waals surface area contributed by atoms with Crippen molar-refractivity contribution in [3.05, 3.63) is 34.4 Å². The summed E-state index contributed by atoms with van der Waals surface area (Å²) >= 11 is 0. The standard InChI is InChI=1S/C12H16.2C2H6/c1-8-6-10(3)12-9(2)4-5-11(12)7-8;2*1-2/h6-7,9H,4-5H2,1-3H3;2*1-2H3.